The van der Waals surface area contributed by atoms with Gasteiger partial charge in [-0.15, -0.1) is 0 Å². The van der Waals surface area contributed by atoms with Crippen LogP contribution in [0.3, 0.4) is 0 Å². The minimum atomic E-state index is -0.157. The maximum atomic E-state index is 13.1. The second-order valence-corrected chi connectivity index (χ2v) is 8.32. The first-order valence-corrected chi connectivity index (χ1v) is 10.8. The van der Waals surface area contributed by atoms with Crippen molar-refractivity contribution < 1.29 is 4.79 Å². The number of carbonyl (C=O) groups is 1. The van der Waals surface area contributed by atoms with Crippen LogP contribution < -0.4 is 16.2 Å². The van der Waals surface area contributed by atoms with Crippen LogP contribution in [0.2, 0.25) is 5.02 Å². The summed E-state index contributed by atoms with van der Waals surface area (Å²) in [5.41, 5.74) is 5.78. The molecule has 0 fully saturated rings. The van der Waals surface area contributed by atoms with Gasteiger partial charge in [0.05, 0.1) is 11.4 Å². The fraction of sp³-hybridized carbons (Fsp3) is 0.0769. The predicted molar refractivity (Wildman–Crippen MR) is 133 cm³/mol. The fourth-order valence-corrected chi connectivity index (χ4v) is 4.16. The van der Waals surface area contributed by atoms with Crippen LogP contribution >= 0.6 is 11.6 Å². The van der Waals surface area contributed by atoms with E-state index in [1.807, 2.05) is 79.3 Å². The zero-order valence-corrected chi connectivity index (χ0v) is 18.9. The Morgan fingerprint density at radius 2 is 1.70 bits per heavy atom. The first-order chi connectivity index (χ1) is 15.9. The predicted octanol–water partition coefficient (Wildman–Crippen LogP) is 5.37. The van der Waals surface area contributed by atoms with E-state index in [4.69, 9.17) is 11.6 Å². The van der Waals surface area contributed by atoms with Gasteiger partial charge in [-0.25, -0.2) is 4.68 Å². The van der Waals surface area contributed by atoms with Gasteiger partial charge in [0.2, 0.25) is 0 Å². The van der Waals surface area contributed by atoms with Gasteiger partial charge in [-0.2, -0.15) is 0 Å². The third-order valence-corrected chi connectivity index (χ3v) is 6.04. The average Bonchev–Trinajstić information content (AvgIpc) is 3.23. The van der Waals surface area contributed by atoms with Crippen LogP contribution in [0.4, 0.5) is 17.1 Å². The summed E-state index contributed by atoms with van der Waals surface area (Å²) in [5, 5.41) is 6.69. The van der Waals surface area contributed by atoms with Crippen molar-refractivity contribution in [3.63, 3.8) is 0 Å². The largest absolute Gasteiger partial charge is 0.349 e. The summed E-state index contributed by atoms with van der Waals surface area (Å²) < 4.78 is 3.47. The van der Waals surface area contributed by atoms with Gasteiger partial charge in [0.15, 0.2) is 0 Å². The number of fused-ring (bicyclic) bond motifs is 1. The topological polar surface area (TPSA) is 68.1 Å². The molecule has 0 saturated heterocycles. The Balaban J connectivity index is 1.43. The van der Waals surface area contributed by atoms with Crippen LogP contribution in [0.15, 0.2) is 77.6 Å². The van der Waals surface area contributed by atoms with Gasteiger partial charge in [0.25, 0.3) is 11.5 Å². The number of anilines is 3. The molecule has 6 nitrogen and oxygen atoms in total. The van der Waals surface area contributed by atoms with E-state index in [2.05, 4.69) is 10.6 Å². The number of benzene rings is 3. The molecule has 3 aromatic carbocycles. The Morgan fingerprint density at radius 1 is 0.970 bits per heavy atom. The Morgan fingerprint density at radius 3 is 2.42 bits per heavy atom. The number of aromatic nitrogens is 2. The van der Waals surface area contributed by atoms with Crippen molar-refractivity contribution in [2.45, 2.75) is 6.92 Å². The molecule has 5 rings (SSSR count). The van der Waals surface area contributed by atoms with E-state index in [0.717, 1.165) is 33.9 Å². The van der Waals surface area contributed by atoms with E-state index in [-0.39, 0.29) is 11.5 Å². The van der Waals surface area contributed by atoms with Gasteiger partial charge in [-0.05, 0) is 61.0 Å². The SMILES string of the molecule is Cc1c(Nc2ccc(/C=C3\C(=O)Nc4ccc(Cl)cc43)cc2)c(=O)n(-c2ccccc2)n1C. The normalized spacial score (nSPS) is 13.8. The molecule has 4 aromatic rings. The molecule has 2 N–H and O–H groups in total. The lowest BCUT2D eigenvalue weighted by atomic mass is 10.0. The molecule has 33 heavy (non-hydrogen) atoms. The number of carbonyl (C=O) groups excluding carboxylic acids is 1. The second kappa shape index (κ2) is 8.15. The monoisotopic (exact) mass is 456 g/mol. The molecule has 0 unspecified atom stereocenters. The molecule has 1 aliphatic rings. The summed E-state index contributed by atoms with van der Waals surface area (Å²) in [6.07, 6.45) is 1.83. The Labute approximate surface area is 195 Å². The number of nitrogens with zero attached hydrogens (tertiary/aromatic N) is 2. The van der Waals surface area contributed by atoms with Crippen LogP contribution in [0, 0.1) is 6.92 Å². The Bertz CT molecular complexity index is 1460. The van der Waals surface area contributed by atoms with Crippen molar-refractivity contribution in [3.8, 4) is 5.69 Å². The summed E-state index contributed by atoms with van der Waals surface area (Å²) in [7, 11) is 1.86. The number of nitrogens with one attached hydrogen (secondary N) is 2. The Kier molecular flexibility index (Phi) is 5.15. The third-order valence-electron chi connectivity index (χ3n) is 5.81. The molecule has 1 aliphatic heterocycles. The molecule has 164 valence electrons. The number of hydrogen-bond donors (Lipinski definition) is 2. The second-order valence-electron chi connectivity index (χ2n) is 7.89. The van der Waals surface area contributed by atoms with Crippen LogP contribution in [0.25, 0.3) is 17.3 Å². The highest BCUT2D eigenvalue weighted by molar-refractivity contribution is 6.36. The van der Waals surface area contributed by atoms with Crippen molar-refractivity contribution in [2.24, 2.45) is 7.05 Å². The number of halogens is 1. The lowest BCUT2D eigenvalue weighted by molar-refractivity contribution is -0.110. The van der Waals surface area contributed by atoms with Gasteiger partial charge < -0.3 is 10.6 Å². The summed E-state index contributed by atoms with van der Waals surface area (Å²) in [5.74, 6) is -0.157. The molecule has 0 aliphatic carbocycles. The highest BCUT2D eigenvalue weighted by Crippen LogP contribution is 2.35. The molecule has 7 heteroatoms. The number of para-hydroxylation sites is 1. The maximum absolute atomic E-state index is 13.1. The van der Waals surface area contributed by atoms with Crippen molar-refractivity contribution in [3.05, 3.63) is 105 Å². The number of amides is 1. The summed E-state index contributed by atoms with van der Waals surface area (Å²) >= 11 is 6.11. The zero-order chi connectivity index (χ0) is 23.1. The molecule has 1 aromatic heterocycles. The highest BCUT2D eigenvalue weighted by Gasteiger charge is 2.24. The van der Waals surface area contributed by atoms with E-state index in [0.29, 0.717) is 16.3 Å². The van der Waals surface area contributed by atoms with Crippen LogP contribution in [-0.2, 0) is 11.8 Å². The van der Waals surface area contributed by atoms with Crippen LogP contribution in [0.1, 0.15) is 16.8 Å². The van der Waals surface area contributed by atoms with E-state index in [1.54, 1.807) is 22.9 Å². The summed E-state index contributed by atoms with van der Waals surface area (Å²) in [6.45, 7) is 1.91. The number of hydrogen-bond acceptors (Lipinski definition) is 3. The van der Waals surface area contributed by atoms with Crippen LogP contribution in [-0.4, -0.2) is 15.3 Å². The summed E-state index contributed by atoms with van der Waals surface area (Å²) in [4.78, 5) is 25.5. The van der Waals surface area contributed by atoms with Gasteiger partial charge in [0.1, 0.15) is 5.69 Å². The zero-order valence-electron chi connectivity index (χ0n) is 18.1. The molecular weight excluding hydrogens is 436 g/mol. The first kappa shape index (κ1) is 20.8. The average molecular weight is 457 g/mol. The van der Waals surface area contributed by atoms with Crippen molar-refractivity contribution >= 4 is 46.2 Å². The molecule has 0 saturated carbocycles. The smallest absolute Gasteiger partial charge is 0.295 e. The van der Waals surface area contributed by atoms with Gasteiger partial charge in [0, 0.05) is 34.6 Å². The summed E-state index contributed by atoms with van der Waals surface area (Å²) in [6, 6.07) is 22.4. The van der Waals surface area contributed by atoms with Crippen molar-refractivity contribution in [1.82, 2.24) is 9.36 Å². The number of rotatable bonds is 4. The quantitative estimate of drug-likeness (QED) is 0.405. The Hall–Kier alpha value is -4.03. The molecular formula is C26H21ClN4O2. The molecule has 1 amide bonds. The van der Waals surface area contributed by atoms with E-state index < -0.39 is 0 Å². The first-order valence-electron chi connectivity index (χ1n) is 10.5. The molecule has 0 bridgehead atoms. The standard InChI is InChI=1S/C26H21ClN4O2/c1-16-24(26(33)31(30(16)2)20-6-4-3-5-7-20)28-19-11-8-17(9-12-19)14-22-21-15-18(27)10-13-23(21)29-25(22)32/h3-15,28H,1-2H3,(H,29,32)/b22-14-. The highest BCUT2D eigenvalue weighted by atomic mass is 35.5. The molecule has 0 atom stereocenters. The maximum Gasteiger partial charge on any atom is 0.295 e. The molecule has 2 heterocycles. The van der Waals surface area contributed by atoms with E-state index >= 15 is 0 Å². The lowest BCUT2D eigenvalue weighted by Gasteiger charge is -2.07. The fourth-order valence-electron chi connectivity index (χ4n) is 3.99. The molecule has 0 radical (unpaired) electrons. The van der Waals surface area contributed by atoms with Gasteiger partial charge in [-0.1, -0.05) is 41.9 Å². The van der Waals surface area contributed by atoms with Crippen molar-refractivity contribution in [1.29, 1.82) is 0 Å². The van der Waals surface area contributed by atoms with E-state index in [1.165, 1.54) is 0 Å². The minimum absolute atomic E-state index is 0.122. The molecule has 0 spiro atoms. The van der Waals surface area contributed by atoms with E-state index in [9.17, 15) is 9.59 Å². The third kappa shape index (κ3) is 3.75. The van der Waals surface area contributed by atoms with Crippen LogP contribution in [0.5, 0.6) is 0 Å². The lowest BCUT2D eigenvalue weighted by Crippen LogP contribution is -2.20. The minimum Gasteiger partial charge on any atom is -0.349 e. The van der Waals surface area contributed by atoms with Gasteiger partial charge >= 0.3 is 0 Å². The van der Waals surface area contributed by atoms with Crippen molar-refractivity contribution in [2.75, 3.05) is 10.6 Å². The van der Waals surface area contributed by atoms with Gasteiger partial charge in [-0.3, -0.25) is 14.3 Å².